The Morgan fingerprint density at radius 3 is 2.53 bits per heavy atom. The Labute approximate surface area is 193 Å². The van der Waals surface area contributed by atoms with E-state index < -0.39 is 12.0 Å². The molecule has 1 aromatic carbocycles. The van der Waals surface area contributed by atoms with Gasteiger partial charge in [-0.05, 0) is 57.2 Å². The molecule has 0 radical (unpaired) electrons. The molecule has 2 amide bonds. The van der Waals surface area contributed by atoms with Gasteiger partial charge in [0.15, 0.2) is 0 Å². The number of likely N-dealkylation sites (tertiary alicyclic amines) is 1. The van der Waals surface area contributed by atoms with Crippen LogP contribution in [0.2, 0.25) is 0 Å². The summed E-state index contributed by atoms with van der Waals surface area (Å²) in [6.07, 6.45) is 3.61. The molecule has 8 nitrogen and oxygen atoms in total. The van der Waals surface area contributed by atoms with Crippen LogP contribution in [0.5, 0.6) is 0 Å². The molecule has 2 aliphatic rings. The van der Waals surface area contributed by atoms with Crippen LogP contribution >= 0.6 is 11.8 Å². The predicted octanol–water partition coefficient (Wildman–Crippen LogP) is 2.85. The van der Waals surface area contributed by atoms with Gasteiger partial charge in [-0.1, -0.05) is 12.1 Å². The largest absolute Gasteiger partial charge is 0.466 e. The van der Waals surface area contributed by atoms with Crippen molar-refractivity contribution < 1.29 is 23.9 Å². The van der Waals surface area contributed by atoms with E-state index in [1.165, 1.54) is 0 Å². The van der Waals surface area contributed by atoms with Crippen molar-refractivity contribution in [2.24, 2.45) is 5.92 Å². The van der Waals surface area contributed by atoms with Crippen LogP contribution in [0.3, 0.4) is 0 Å². The highest BCUT2D eigenvalue weighted by atomic mass is 32.2. The number of carbonyl (C=O) groups excluding carboxylic acids is 3. The van der Waals surface area contributed by atoms with Gasteiger partial charge in [-0.15, -0.1) is 11.8 Å². The molecule has 0 saturated carbocycles. The van der Waals surface area contributed by atoms with E-state index in [0.717, 1.165) is 29.8 Å². The minimum absolute atomic E-state index is 0.196. The molecule has 1 fully saturated rings. The molecular weight excluding hydrogens is 430 g/mol. The first kappa shape index (κ1) is 24.1. The molecule has 0 unspecified atom stereocenters. The average molecular weight is 462 g/mol. The summed E-state index contributed by atoms with van der Waals surface area (Å²) in [7, 11) is 0. The minimum atomic E-state index is -0.612. The van der Waals surface area contributed by atoms with Gasteiger partial charge in [0.05, 0.1) is 30.7 Å². The molecule has 0 spiro atoms. The molecule has 174 valence electrons. The molecular formula is C23H31N3O5S. The lowest BCUT2D eigenvalue weighted by atomic mass is 9.94. The van der Waals surface area contributed by atoms with Gasteiger partial charge in [0.1, 0.15) is 0 Å². The molecule has 2 heterocycles. The Morgan fingerprint density at radius 1 is 1.16 bits per heavy atom. The molecule has 1 aromatic rings. The Kier molecular flexibility index (Phi) is 8.58. The van der Waals surface area contributed by atoms with E-state index in [2.05, 4.69) is 15.5 Å². The van der Waals surface area contributed by atoms with Gasteiger partial charge in [-0.2, -0.15) is 0 Å². The number of thioether (sulfide) groups is 1. The number of benzene rings is 1. The zero-order chi connectivity index (χ0) is 23.1. The highest BCUT2D eigenvalue weighted by molar-refractivity contribution is 7.98. The highest BCUT2D eigenvalue weighted by Crippen LogP contribution is 2.30. The standard InChI is InChI=1S/C23H31N3O5S/c1-4-30-21(27)16-7-6-12-26(13-16)14-18-19(22(28)31-5-2)20(25-23(29)24-18)15-8-10-17(32-3)11-9-15/h8-11,16,20H,4-7,12-14H2,1-3H3,(H2,24,25,29)/t16-,20-/m1/s1. The van der Waals surface area contributed by atoms with Crippen LogP contribution in [0, 0.1) is 5.92 Å². The van der Waals surface area contributed by atoms with Crippen molar-refractivity contribution in [3.8, 4) is 0 Å². The lowest BCUT2D eigenvalue weighted by molar-refractivity contribution is -0.150. The Hall–Kier alpha value is -2.52. The fourth-order valence-electron chi connectivity index (χ4n) is 4.11. The molecule has 0 aliphatic carbocycles. The van der Waals surface area contributed by atoms with Crippen LogP contribution in [0.15, 0.2) is 40.4 Å². The van der Waals surface area contributed by atoms with Crippen molar-refractivity contribution in [3.63, 3.8) is 0 Å². The maximum atomic E-state index is 13.0. The van der Waals surface area contributed by atoms with Crippen molar-refractivity contribution in [1.29, 1.82) is 0 Å². The fraction of sp³-hybridized carbons (Fsp3) is 0.522. The van der Waals surface area contributed by atoms with Crippen molar-refractivity contribution in [2.75, 3.05) is 39.1 Å². The number of esters is 2. The molecule has 9 heteroatoms. The van der Waals surface area contributed by atoms with Crippen LogP contribution in [-0.2, 0) is 19.1 Å². The molecule has 0 aromatic heterocycles. The molecule has 2 N–H and O–H groups in total. The number of urea groups is 1. The molecule has 2 aliphatic heterocycles. The Bertz CT molecular complexity index is 871. The van der Waals surface area contributed by atoms with E-state index in [1.807, 2.05) is 30.5 Å². The van der Waals surface area contributed by atoms with Crippen LogP contribution in [0.4, 0.5) is 4.79 Å². The molecule has 0 bridgehead atoms. The molecule has 1 saturated heterocycles. The van der Waals surface area contributed by atoms with Crippen LogP contribution in [0.1, 0.15) is 38.3 Å². The van der Waals surface area contributed by atoms with Gasteiger partial charge >= 0.3 is 18.0 Å². The summed E-state index contributed by atoms with van der Waals surface area (Å²) in [5, 5.41) is 5.67. The quantitative estimate of drug-likeness (QED) is 0.454. The van der Waals surface area contributed by atoms with Gasteiger partial charge in [0.2, 0.25) is 0 Å². The number of hydrogen-bond acceptors (Lipinski definition) is 7. The summed E-state index contributed by atoms with van der Waals surface area (Å²) in [6, 6.07) is 6.77. The first-order valence-electron chi connectivity index (χ1n) is 11.0. The zero-order valence-electron chi connectivity index (χ0n) is 18.8. The van der Waals surface area contributed by atoms with Crippen molar-refractivity contribution >= 4 is 29.7 Å². The van der Waals surface area contributed by atoms with Crippen molar-refractivity contribution in [2.45, 2.75) is 37.6 Å². The van der Waals surface area contributed by atoms with Gasteiger partial charge in [-0.3, -0.25) is 9.69 Å². The van der Waals surface area contributed by atoms with Gasteiger partial charge in [0, 0.05) is 23.7 Å². The lowest BCUT2D eigenvalue weighted by Crippen LogP contribution is -2.50. The van der Waals surface area contributed by atoms with Gasteiger partial charge in [0.25, 0.3) is 0 Å². The highest BCUT2D eigenvalue weighted by Gasteiger charge is 2.35. The Balaban J connectivity index is 1.90. The third kappa shape index (κ3) is 5.83. The van der Waals surface area contributed by atoms with E-state index in [1.54, 1.807) is 25.6 Å². The maximum absolute atomic E-state index is 13.0. The molecule has 2 atom stereocenters. The first-order valence-corrected chi connectivity index (χ1v) is 12.2. The minimum Gasteiger partial charge on any atom is -0.466 e. The first-order chi connectivity index (χ1) is 15.5. The summed E-state index contributed by atoms with van der Waals surface area (Å²) in [5.41, 5.74) is 1.71. The fourth-order valence-corrected chi connectivity index (χ4v) is 4.52. The number of hydrogen-bond donors (Lipinski definition) is 2. The van der Waals surface area contributed by atoms with Crippen LogP contribution < -0.4 is 10.6 Å². The summed E-state index contributed by atoms with van der Waals surface area (Å²) in [4.78, 5) is 40.8. The summed E-state index contributed by atoms with van der Waals surface area (Å²) in [5.74, 6) is -0.867. The second-order valence-electron chi connectivity index (χ2n) is 7.74. The van der Waals surface area contributed by atoms with Gasteiger partial charge < -0.3 is 20.1 Å². The third-order valence-electron chi connectivity index (χ3n) is 5.61. The average Bonchev–Trinajstić information content (AvgIpc) is 2.79. The van der Waals surface area contributed by atoms with Crippen LogP contribution in [-0.4, -0.2) is 62.0 Å². The van der Waals surface area contributed by atoms with Gasteiger partial charge in [-0.25, -0.2) is 9.59 Å². The monoisotopic (exact) mass is 461 g/mol. The normalized spacial score (nSPS) is 21.5. The smallest absolute Gasteiger partial charge is 0.338 e. The number of carbonyl (C=O) groups is 3. The van der Waals surface area contributed by atoms with E-state index in [9.17, 15) is 14.4 Å². The van der Waals surface area contributed by atoms with Crippen molar-refractivity contribution in [3.05, 3.63) is 41.1 Å². The second-order valence-corrected chi connectivity index (χ2v) is 8.62. The number of ether oxygens (including phenoxy) is 2. The maximum Gasteiger partial charge on any atom is 0.338 e. The second kappa shape index (κ2) is 11.4. The van der Waals surface area contributed by atoms with E-state index in [0.29, 0.717) is 31.0 Å². The molecule has 32 heavy (non-hydrogen) atoms. The number of piperidine rings is 1. The lowest BCUT2D eigenvalue weighted by Gasteiger charge is -2.35. The number of nitrogens with one attached hydrogen (secondary N) is 2. The third-order valence-corrected chi connectivity index (χ3v) is 6.35. The van der Waals surface area contributed by atoms with E-state index >= 15 is 0 Å². The molecule has 3 rings (SSSR count). The topological polar surface area (TPSA) is 97.0 Å². The van der Waals surface area contributed by atoms with E-state index in [4.69, 9.17) is 9.47 Å². The summed E-state index contributed by atoms with van der Waals surface area (Å²) >= 11 is 1.62. The van der Waals surface area contributed by atoms with E-state index in [-0.39, 0.29) is 24.5 Å². The van der Waals surface area contributed by atoms with Crippen LogP contribution in [0.25, 0.3) is 0 Å². The number of amides is 2. The zero-order valence-corrected chi connectivity index (χ0v) is 19.6. The predicted molar refractivity (Wildman–Crippen MR) is 122 cm³/mol. The van der Waals surface area contributed by atoms with Crippen molar-refractivity contribution in [1.82, 2.24) is 15.5 Å². The summed E-state index contributed by atoms with van der Waals surface area (Å²) in [6.45, 7) is 5.77. The Morgan fingerprint density at radius 2 is 1.88 bits per heavy atom. The number of nitrogens with zero attached hydrogens (tertiary/aromatic N) is 1. The summed E-state index contributed by atoms with van der Waals surface area (Å²) < 4.78 is 10.5. The SMILES string of the molecule is CCOC(=O)C1=C(CN2CCC[C@@H](C(=O)OCC)C2)NC(=O)N[C@@H]1c1ccc(SC)cc1. The number of rotatable bonds is 8.